The number of Topliss-reactive ketones (excluding diaryl/α,β-unsaturated/α-hetero) is 1. The zero-order valence-corrected chi connectivity index (χ0v) is 23.1. The summed E-state index contributed by atoms with van der Waals surface area (Å²) in [5.41, 5.74) is 0.530. The van der Waals surface area contributed by atoms with Crippen molar-refractivity contribution in [3.63, 3.8) is 0 Å². The van der Waals surface area contributed by atoms with Gasteiger partial charge < -0.3 is 21.3 Å². The first kappa shape index (κ1) is 29.8. The molecule has 1 aromatic carbocycles. The van der Waals surface area contributed by atoms with Crippen molar-refractivity contribution in [3.05, 3.63) is 40.4 Å². The van der Waals surface area contributed by atoms with E-state index in [0.717, 1.165) is 12.8 Å². The number of benzene rings is 1. The Hall–Kier alpha value is -3.71. The molecule has 4 N–H and O–H groups in total. The second kappa shape index (κ2) is 12.9. The van der Waals surface area contributed by atoms with E-state index in [2.05, 4.69) is 21.3 Å². The fraction of sp³-hybridized carbons (Fsp3) is 0.500. The minimum absolute atomic E-state index is 0.0121. The molecule has 1 aliphatic heterocycles. The molecule has 3 rings (SSSR count). The molecule has 208 valence electrons. The van der Waals surface area contributed by atoms with Crippen molar-refractivity contribution in [3.8, 4) is 6.07 Å². The van der Waals surface area contributed by atoms with Gasteiger partial charge >= 0.3 is 0 Å². The van der Waals surface area contributed by atoms with E-state index in [1.165, 1.54) is 18.2 Å². The van der Waals surface area contributed by atoms with Crippen LogP contribution in [-0.4, -0.2) is 54.1 Å². The van der Waals surface area contributed by atoms with Crippen LogP contribution in [0.2, 0.25) is 5.02 Å². The van der Waals surface area contributed by atoms with E-state index in [1.807, 2.05) is 26.8 Å². The number of hydrogen-bond acceptors (Lipinski definition) is 6. The molecule has 39 heavy (non-hydrogen) atoms. The van der Waals surface area contributed by atoms with Gasteiger partial charge in [-0.15, -0.1) is 0 Å². The number of nitrogens with one attached hydrogen (secondary N) is 4. The molecule has 11 heteroatoms. The van der Waals surface area contributed by atoms with Crippen molar-refractivity contribution in [2.45, 2.75) is 71.0 Å². The smallest absolute Gasteiger partial charge is 0.289 e. The van der Waals surface area contributed by atoms with Crippen molar-refractivity contribution < 1.29 is 24.0 Å². The molecule has 3 atom stereocenters. The molecule has 2 unspecified atom stereocenters. The Morgan fingerprint density at radius 3 is 2.44 bits per heavy atom. The summed E-state index contributed by atoms with van der Waals surface area (Å²) in [5.74, 6) is -3.53. The number of ketones is 1. The van der Waals surface area contributed by atoms with E-state index < -0.39 is 41.5 Å². The van der Waals surface area contributed by atoms with Gasteiger partial charge in [-0.3, -0.25) is 24.0 Å². The lowest BCUT2D eigenvalue weighted by Crippen LogP contribution is -2.55. The van der Waals surface area contributed by atoms with E-state index in [-0.39, 0.29) is 30.2 Å². The molecule has 4 amide bonds. The lowest BCUT2D eigenvalue weighted by molar-refractivity contribution is -0.141. The van der Waals surface area contributed by atoms with Gasteiger partial charge in [-0.25, -0.2) is 0 Å². The summed E-state index contributed by atoms with van der Waals surface area (Å²) in [5, 5.41) is 19.9. The Balaban J connectivity index is 1.74. The highest BCUT2D eigenvalue weighted by molar-refractivity contribution is 6.38. The summed E-state index contributed by atoms with van der Waals surface area (Å²) in [6, 6.07) is 4.37. The number of amides is 4. The average molecular weight is 556 g/mol. The molecule has 2 fully saturated rings. The second-order valence-electron chi connectivity index (χ2n) is 11.2. The Morgan fingerprint density at radius 1 is 1.15 bits per heavy atom. The number of halogens is 1. The molecule has 1 aliphatic carbocycles. The predicted molar refractivity (Wildman–Crippen MR) is 145 cm³/mol. The molecule has 0 radical (unpaired) electrons. The van der Waals surface area contributed by atoms with Gasteiger partial charge in [0.25, 0.3) is 5.91 Å². The highest BCUT2D eigenvalue weighted by atomic mass is 35.5. The van der Waals surface area contributed by atoms with E-state index in [9.17, 15) is 24.0 Å². The van der Waals surface area contributed by atoms with Gasteiger partial charge in [0.15, 0.2) is 0 Å². The molecule has 0 spiro atoms. The number of nitrogens with zero attached hydrogens (tertiary/aromatic N) is 1. The Kier molecular flexibility index (Phi) is 9.86. The molecule has 1 aromatic rings. The summed E-state index contributed by atoms with van der Waals surface area (Å²) >= 11 is 6.17. The summed E-state index contributed by atoms with van der Waals surface area (Å²) in [6.45, 7) is 6.17. The summed E-state index contributed by atoms with van der Waals surface area (Å²) in [7, 11) is 0. The highest BCUT2D eigenvalue weighted by Crippen LogP contribution is 2.23. The monoisotopic (exact) mass is 555 g/mol. The number of rotatable bonds is 11. The molecule has 10 nitrogen and oxygen atoms in total. The standard InChI is InChI=1S/C28H34ClN5O5/c1-28(2,3)14-22(33-23(35)9-6-17-5-4-16(15-30)12-20(17)29)26(38)34-21(13-18-10-11-31-25(18)37)24(36)27(39)32-19-7-8-19/h4-6,9,12,18-19,21-22H,7-8,10-11,13-14H2,1-3H3,(H,31,37)(H,32,39)(H,33,35)(H,34,38)/b9-6+/t18-,21?,22?/m0/s1. The van der Waals surface area contributed by atoms with Gasteiger partial charge in [-0.05, 0) is 61.3 Å². The van der Waals surface area contributed by atoms with Crippen molar-refractivity contribution >= 4 is 47.1 Å². The minimum atomic E-state index is -1.21. The maximum Gasteiger partial charge on any atom is 0.289 e. The number of carbonyl (C=O) groups is 5. The summed E-state index contributed by atoms with van der Waals surface area (Å²) < 4.78 is 0. The average Bonchev–Trinajstić information content (AvgIpc) is 3.59. The molecule has 2 aliphatic rings. The largest absolute Gasteiger partial charge is 0.356 e. The van der Waals surface area contributed by atoms with E-state index in [1.54, 1.807) is 12.1 Å². The topological polar surface area (TPSA) is 157 Å². The van der Waals surface area contributed by atoms with Gasteiger partial charge in [-0.1, -0.05) is 38.4 Å². The molecular formula is C28H34ClN5O5. The molecular weight excluding hydrogens is 522 g/mol. The molecule has 0 aromatic heterocycles. The first-order valence-corrected chi connectivity index (χ1v) is 13.3. The quantitative estimate of drug-likeness (QED) is 0.241. The van der Waals surface area contributed by atoms with Crippen LogP contribution in [0.4, 0.5) is 0 Å². The van der Waals surface area contributed by atoms with Crippen LogP contribution < -0.4 is 21.3 Å². The second-order valence-corrected chi connectivity index (χ2v) is 11.6. The normalized spacial score (nSPS) is 18.5. The number of hydrogen-bond donors (Lipinski definition) is 4. The van der Waals surface area contributed by atoms with Gasteiger partial charge in [0.2, 0.25) is 23.5 Å². The van der Waals surface area contributed by atoms with Crippen LogP contribution in [0.1, 0.15) is 64.0 Å². The Bertz CT molecular complexity index is 1210. The number of nitriles is 1. The zero-order valence-electron chi connectivity index (χ0n) is 22.3. The summed E-state index contributed by atoms with van der Waals surface area (Å²) in [6.07, 6.45) is 5.01. The zero-order chi connectivity index (χ0) is 28.7. The van der Waals surface area contributed by atoms with Crippen LogP contribution >= 0.6 is 11.6 Å². The van der Waals surface area contributed by atoms with Crippen molar-refractivity contribution in [1.29, 1.82) is 5.26 Å². The fourth-order valence-electron chi connectivity index (χ4n) is 4.24. The van der Waals surface area contributed by atoms with E-state index >= 15 is 0 Å². The minimum Gasteiger partial charge on any atom is -0.356 e. The maximum absolute atomic E-state index is 13.4. The maximum atomic E-state index is 13.4. The van der Waals surface area contributed by atoms with Crippen LogP contribution in [0.25, 0.3) is 6.08 Å². The molecule has 0 bridgehead atoms. The van der Waals surface area contributed by atoms with Gasteiger partial charge in [-0.2, -0.15) is 5.26 Å². The third-order valence-corrected chi connectivity index (χ3v) is 6.77. The van der Waals surface area contributed by atoms with Crippen LogP contribution in [0.15, 0.2) is 24.3 Å². The van der Waals surface area contributed by atoms with Crippen LogP contribution in [0.3, 0.4) is 0 Å². The Labute approximate surface area is 232 Å². The van der Waals surface area contributed by atoms with Gasteiger partial charge in [0, 0.05) is 29.6 Å². The third kappa shape index (κ3) is 9.21. The SMILES string of the molecule is CC(C)(C)CC(NC(=O)/C=C/c1ccc(C#N)cc1Cl)C(=O)NC(C[C@@H]1CCNC1=O)C(=O)C(=O)NC1CC1. The number of carbonyl (C=O) groups excluding carboxylic acids is 5. The van der Waals surface area contributed by atoms with Gasteiger partial charge in [0.05, 0.1) is 17.7 Å². The van der Waals surface area contributed by atoms with Crippen LogP contribution in [0, 0.1) is 22.7 Å². The van der Waals surface area contributed by atoms with Crippen molar-refractivity contribution in [2.75, 3.05) is 6.54 Å². The fourth-order valence-corrected chi connectivity index (χ4v) is 4.48. The lowest BCUT2D eigenvalue weighted by atomic mass is 9.87. The van der Waals surface area contributed by atoms with Crippen LogP contribution in [0.5, 0.6) is 0 Å². The van der Waals surface area contributed by atoms with E-state index in [4.69, 9.17) is 16.9 Å². The predicted octanol–water partition coefficient (Wildman–Crippen LogP) is 2.00. The van der Waals surface area contributed by atoms with Gasteiger partial charge in [0.1, 0.15) is 6.04 Å². The summed E-state index contributed by atoms with van der Waals surface area (Å²) in [4.78, 5) is 63.9. The highest BCUT2D eigenvalue weighted by Gasteiger charge is 2.37. The lowest BCUT2D eigenvalue weighted by Gasteiger charge is -2.28. The third-order valence-electron chi connectivity index (χ3n) is 6.45. The van der Waals surface area contributed by atoms with Crippen molar-refractivity contribution in [1.82, 2.24) is 21.3 Å². The molecule has 1 saturated carbocycles. The first-order valence-electron chi connectivity index (χ1n) is 13.0. The van der Waals surface area contributed by atoms with E-state index in [0.29, 0.717) is 29.1 Å². The van der Waals surface area contributed by atoms with Crippen molar-refractivity contribution in [2.24, 2.45) is 11.3 Å². The van der Waals surface area contributed by atoms with Crippen LogP contribution in [-0.2, 0) is 24.0 Å². The Morgan fingerprint density at radius 2 is 1.87 bits per heavy atom. The molecule has 1 heterocycles. The first-order chi connectivity index (χ1) is 18.4. The molecule has 1 saturated heterocycles.